The van der Waals surface area contributed by atoms with Crippen molar-refractivity contribution in [2.24, 2.45) is 0 Å². The molecular weight excluding hydrogens is 771 g/mol. The van der Waals surface area contributed by atoms with Gasteiger partial charge in [-0.2, -0.15) is 0 Å². The molecule has 0 amide bonds. The smallest absolute Gasteiger partial charge is 0.0731 e. The van der Waals surface area contributed by atoms with Crippen molar-refractivity contribution in [2.45, 2.75) is 5.41 Å². The van der Waals surface area contributed by atoms with Crippen LogP contribution in [0.15, 0.2) is 249 Å². The van der Waals surface area contributed by atoms with E-state index >= 15 is 0 Å². The average molecular weight is 812 g/mol. The van der Waals surface area contributed by atoms with Gasteiger partial charge in [-0.15, -0.1) is 0 Å². The molecule has 13 rings (SSSR count). The maximum absolute atomic E-state index is 2.47. The van der Waals surface area contributed by atoms with Crippen molar-refractivity contribution in [3.63, 3.8) is 0 Å². The van der Waals surface area contributed by atoms with Gasteiger partial charge >= 0.3 is 0 Å². The van der Waals surface area contributed by atoms with Gasteiger partial charge in [-0.3, -0.25) is 0 Å². The van der Waals surface area contributed by atoms with Gasteiger partial charge < -0.3 is 4.90 Å². The normalized spacial score (nSPS) is 14.3. The van der Waals surface area contributed by atoms with Crippen LogP contribution in [0.4, 0.5) is 17.1 Å². The van der Waals surface area contributed by atoms with Crippen LogP contribution >= 0.6 is 0 Å². The quantitative estimate of drug-likeness (QED) is 0.157. The minimum atomic E-state index is -0.626. The fraction of sp³-hybridized carbons (Fsp3) is 0.0159. The Bertz CT molecular complexity index is 3500. The van der Waals surface area contributed by atoms with E-state index in [1.807, 2.05) is 0 Å². The highest BCUT2D eigenvalue weighted by molar-refractivity contribution is 6.19. The summed E-state index contributed by atoms with van der Waals surface area (Å²) in [5.74, 6) is 0. The second-order valence-electron chi connectivity index (χ2n) is 17.1. The van der Waals surface area contributed by atoms with Gasteiger partial charge in [0.05, 0.1) is 5.41 Å². The van der Waals surface area contributed by atoms with Crippen LogP contribution in [-0.4, -0.2) is 0 Å². The standard InChI is InChI=1S/C63H41N/c1-3-17-42(18-4-1)44-31-35-46(36-32-44)64(47-37-33-45(34-38-47)43-19-5-2-6-20-43)48-39-40-60-57(41-48)52-24-8-7-21-49(52)53-25-13-15-29-58(53)63(60)59-30-16-14-28-56(59)61-54-26-11-9-22-50(54)51-23-10-12-27-55(51)62(61)63/h1-41H. The van der Waals surface area contributed by atoms with Crippen LogP contribution in [0.5, 0.6) is 0 Å². The molecule has 1 heteroatoms. The van der Waals surface area contributed by atoms with Crippen molar-refractivity contribution in [1.29, 1.82) is 0 Å². The summed E-state index contributed by atoms with van der Waals surface area (Å²) in [5.41, 5.74) is 20.4. The third-order valence-corrected chi connectivity index (χ3v) is 13.9. The van der Waals surface area contributed by atoms with Gasteiger partial charge in [-0.25, -0.2) is 0 Å². The Morgan fingerprint density at radius 2 is 0.641 bits per heavy atom. The lowest BCUT2D eigenvalue weighted by Crippen LogP contribution is -2.29. The topological polar surface area (TPSA) is 3.24 Å². The molecular formula is C63H41N. The Morgan fingerprint density at radius 3 is 1.23 bits per heavy atom. The van der Waals surface area contributed by atoms with E-state index in [2.05, 4.69) is 254 Å². The van der Waals surface area contributed by atoms with Gasteiger partial charge in [0.1, 0.15) is 0 Å². The number of anilines is 3. The molecule has 1 unspecified atom stereocenters. The summed E-state index contributed by atoms with van der Waals surface area (Å²) in [6.45, 7) is 0. The maximum atomic E-state index is 2.47. The Labute approximate surface area is 373 Å². The van der Waals surface area contributed by atoms with Crippen molar-refractivity contribution >= 4 is 38.6 Å². The number of benzene rings is 11. The first kappa shape index (κ1) is 36.4. The van der Waals surface area contributed by atoms with E-state index < -0.39 is 5.41 Å². The number of fused-ring (bicyclic) bond motifs is 17. The molecule has 0 bridgehead atoms. The van der Waals surface area contributed by atoms with E-state index in [4.69, 9.17) is 0 Å². The summed E-state index contributed by atoms with van der Waals surface area (Å²) >= 11 is 0. The minimum Gasteiger partial charge on any atom is -0.310 e. The molecule has 1 spiro atoms. The van der Waals surface area contributed by atoms with E-state index in [1.54, 1.807) is 0 Å². The van der Waals surface area contributed by atoms with Crippen molar-refractivity contribution in [1.82, 2.24) is 0 Å². The van der Waals surface area contributed by atoms with Gasteiger partial charge in [-0.05, 0) is 136 Å². The molecule has 1 atom stereocenters. The Balaban J connectivity index is 1.11. The molecule has 298 valence electrons. The third-order valence-electron chi connectivity index (χ3n) is 13.9. The molecule has 0 aliphatic heterocycles. The van der Waals surface area contributed by atoms with E-state index in [-0.39, 0.29) is 0 Å². The predicted octanol–water partition coefficient (Wildman–Crippen LogP) is 16.8. The highest BCUT2D eigenvalue weighted by Crippen LogP contribution is 2.64. The fourth-order valence-electron chi connectivity index (χ4n) is 11.2. The molecule has 11 aromatic rings. The molecule has 2 aliphatic carbocycles. The van der Waals surface area contributed by atoms with Crippen molar-refractivity contribution in [3.8, 4) is 55.6 Å². The Kier molecular flexibility index (Phi) is 8.20. The predicted molar refractivity (Wildman–Crippen MR) is 269 cm³/mol. The van der Waals surface area contributed by atoms with Crippen LogP contribution in [0.3, 0.4) is 0 Å². The zero-order valence-corrected chi connectivity index (χ0v) is 35.1. The lowest BCUT2D eigenvalue weighted by atomic mass is 9.64. The lowest BCUT2D eigenvalue weighted by molar-refractivity contribution is 0.783. The lowest BCUT2D eigenvalue weighted by Gasteiger charge is -2.37. The van der Waals surface area contributed by atoms with Crippen LogP contribution in [0.2, 0.25) is 0 Å². The second-order valence-corrected chi connectivity index (χ2v) is 17.1. The second kappa shape index (κ2) is 14.4. The summed E-state index contributed by atoms with van der Waals surface area (Å²) in [4.78, 5) is 2.43. The van der Waals surface area contributed by atoms with Crippen LogP contribution < -0.4 is 4.90 Å². The van der Waals surface area contributed by atoms with E-state index in [1.165, 1.54) is 99.4 Å². The van der Waals surface area contributed by atoms with Gasteiger partial charge in [0.15, 0.2) is 0 Å². The van der Waals surface area contributed by atoms with Gasteiger partial charge in [0.25, 0.3) is 0 Å². The van der Waals surface area contributed by atoms with Crippen molar-refractivity contribution in [2.75, 3.05) is 4.90 Å². The van der Waals surface area contributed by atoms with E-state index in [0.717, 1.165) is 17.1 Å². The van der Waals surface area contributed by atoms with E-state index in [9.17, 15) is 0 Å². The first-order chi connectivity index (χ1) is 31.8. The number of nitrogens with zero attached hydrogens (tertiary/aromatic N) is 1. The SMILES string of the molecule is c1ccc(-c2ccc(N(c3ccc(-c4ccccc4)cc3)c3ccc4c(c3)-c3ccccc3-c3ccccc3C43c4ccccc4-c4c3c3ccccc3c3ccccc43)cc2)cc1. The van der Waals surface area contributed by atoms with Gasteiger partial charge in [-0.1, -0.05) is 212 Å². The molecule has 2 aliphatic rings. The van der Waals surface area contributed by atoms with E-state index in [0.29, 0.717) is 0 Å². The molecule has 1 nitrogen and oxygen atoms in total. The van der Waals surface area contributed by atoms with Crippen molar-refractivity contribution < 1.29 is 0 Å². The zero-order valence-electron chi connectivity index (χ0n) is 35.1. The highest BCUT2D eigenvalue weighted by atomic mass is 15.1. The van der Waals surface area contributed by atoms with Crippen LogP contribution in [-0.2, 0) is 5.41 Å². The monoisotopic (exact) mass is 811 g/mol. The summed E-state index contributed by atoms with van der Waals surface area (Å²) in [6, 6.07) is 92.3. The highest BCUT2D eigenvalue weighted by Gasteiger charge is 2.51. The molecule has 0 aromatic heterocycles. The molecule has 0 heterocycles. The van der Waals surface area contributed by atoms with Crippen LogP contribution in [0.25, 0.3) is 77.2 Å². The summed E-state index contributed by atoms with van der Waals surface area (Å²) < 4.78 is 0. The van der Waals surface area contributed by atoms with Crippen LogP contribution in [0, 0.1) is 0 Å². The molecule has 0 saturated carbocycles. The number of rotatable bonds is 5. The first-order valence-corrected chi connectivity index (χ1v) is 22.3. The number of hydrogen-bond acceptors (Lipinski definition) is 1. The summed E-state index contributed by atoms with van der Waals surface area (Å²) in [6.07, 6.45) is 0. The van der Waals surface area contributed by atoms with Crippen LogP contribution in [0.1, 0.15) is 22.3 Å². The first-order valence-electron chi connectivity index (χ1n) is 22.3. The molecule has 0 saturated heterocycles. The summed E-state index contributed by atoms with van der Waals surface area (Å²) in [5, 5.41) is 5.16. The zero-order chi connectivity index (χ0) is 42.2. The average Bonchev–Trinajstić information content (AvgIpc) is 3.64. The maximum Gasteiger partial charge on any atom is 0.0731 e. The molecule has 0 radical (unpaired) electrons. The Morgan fingerprint density at radius 1 is 0.250 bits per heavy atom. The molecule has 0 N–H and O–H groups in total. The largest absolute Gasteiger partial charge is 0.310 e. The van der Waals surface area contributed by atoms with Crippen molar-refractivity contribution in [3.05, 3.63) is 271 Å². The number of hydrogen-bond donors (Lipinski definition) is 0. The molecule has 11 aromatic carbocycles. The van der Waals surface area contributed by atoms with Gasteiger partial charge in [0.2, 0.25) is 0 Å². The van der Waals surface area contributed by atoms with Gasteiger partial charge in [0, 0.05) is 17.1 Å². The minimum absolute atomic E-state index is 0.626. The molecule has 64 heavy (non-hydrogen) atoms. The third kappa shape index (κ3) is 5.31. The molecule has 0 fully saturated rings. The summed E-state index contributed by atoms with van der Waals surface area (Å²) in [7, 11) is 0. The fourth-order valence-corrected chi connectivity index (χ4v) is 11.2. The Hall–Kier alpha value is -8.26.